The Balaban J connectivity index is 0.00000134. The highest BCUT2D eigenvalue weighted by Gasteiger charge is 2.06. The van der Waals surface area contributed by atoms with Gasteiger partial charge in [-0.15, -0.1) is 21.9 Å². The number of benzene rings is 1. The van der Waals surface area contributed by atoms with Gasteiger partial charge in [0.15, 0.2) is 0 Å². The molecule has 0 fully saturated rings. The normalized spacial score (nSPS) is 10.6. The number of nitrogens with zero attached hydrogens (tertiary/aromatic N) is 2. The van der Waals surface area contributed by atoms with Gasteiger partial charge >= 0.3 is 0 Å². The first-order valence-electron chi connectivity index (χ1n) is 8.65. The fraction of sp³-hybridized carbons (Fsp3) is 0.300. The van der Waals surface area contributed by atoms with Crippen molar-refractivity contribution in [1.82, 2.24) is 9.97 Å². The van der Waals surface area contributed by atoms with Crippen LogP contribution >= 0.6 is 21.9 Å². The number of fused-ring (bicyclic) bond motifs is 1. The predicted octanol–water partition coefficient (Wildman–Crippen LogP) is 5.92. The lowest BCUT2D eigenvalue weighted by Gasteiger charge is -2.10. The van der Waals surface area contributed by atoms with Crippen molar-refractivity contribution in [2.24, 2.45) is 0 Å². The molecule has 0 bridgehead atoms. The van der Waals surface area contributed by atoms with Gasteiger partial charge in [-0.05, 0) is 29.9 Å². The SMILES string of the molecule is C=C/C=C\C(=C/CC)Nc1ncnc2cc(P)c(S)cc12.CC.CC. The zero-order chi connectivity index (χ0) is 19.2. The molecule has 0 saturated heterocycles. The monoisotopic (exact) mass is 375 g/mol. The van der Waals surface area contributed by atoms with Gasteiger partial charge in [0.1, 0.15) is 12.1 Å². The van der Waals surface area contributed by atoms with E-state index in [0.29, 0.717) is 0 Å². The second kappa shape index (κ2) is 13.6. The van der Waals surface area contributed by atoms with Gasteiger partial charge in [-0.3, -0.25) is 0 Å². The van der Waals surface area contributed by atoms with E-state index < -0.39 is 0 Å². The van der Waals surface area contributed by atoms with Gasteiger partial charge < -0.3 is 5.32 Å². The van der Waals surface area contributed by atoms with Gasteiger partial charge in [0.05, 0.1) is 5.52 Å². The second-order valence-corrected chi connectivity index (χ2v) is 5.54. The van der Waals surface area contributed by atoms with Gasteiger partial charge in [0, 0.05) is 16.0 Å². The van der Waals surface area contributed by atoms with Crippen LogP contribution in [-0.4, -0.2) is 9.97 Å². The van der Waals surface area contributed by atoms with E-state index in [-0.39, 0.29) is 0 Å². The van der Waals surface area contributed by atoms with Crippen LogP contribution in [0.5, 0.6) is 0 Å². The van der Waals surface area contributed by atoms with Crippen LogP contribution in [0.2, 0.25) is 0 Å². The average Bonchev–Trinajstić information content (AvgIpc) is 2.65. The van der Waals surface area contributed by atoms with Crippen molar-refractivity contribution in [3.8, 4) is 0 Å². The van der Waals surface area contributed by atoms with E-state index in [2.05, 4.69) is 56.7 Å². The van der Waals surface area contributed by atoms with Crippen LogP contribution in [0.25, 0.3) is 10.9 Å². The average molecular weight is 376 g/mol. The van der Waals surface area contributed by atoms with Gasteiger partial charge in [-0.2, -0.15) is 0 Å². The van der Waals surface area contributed by atoms with Crippen molar-refractivity contribution in [3.05, 3.63) is 55.0 Å². The number of anilines is 1. The number of nitrogens with one attached hydrogen (secondary N) is 1. The maximum Gasteiger partial charge on any atom is 0.141 e. The summed E-state index contributed by atoms with van der Waals surface area (Å²) >= 11 is 4.46. The van der Waals surface area contributed by atoms with Crippen LogP contribution in [0, 0.1) is 0 Å². The molecule has 1 atom stereocenters. The highest BCUT2D eigenvalue weighted by Crippen LogP contribution is 2.23. The van der Waals surface area contributed by atoms with Crippen LogP contribution in [0.1, 0.15) is 41.0 Å². The van der Waals surface area contributed by atoms with Crippen LogP contribution in [0.15, 0.2) is 59.9 Å². The van der Waals surface area contributed by atoms with Crippen molar-refractivity contribution in [1.29, 1.82) is 0 Å². The molecule has 2 aromatic rings. The summed E-state index contributed by atoms with van der Waals surface area (Å²) in [5.41, 5.74) is 1.87. The molecule has 136 valence electrons. The fourth-order valence-corrected chi connectivity index (χ4v) is 2.33. The molecule has 1 unspecified atom stereocenters. The van der Waals surface area contributed by atoms with Crippen LogP contribution in [-0.2, 0) is 0 Å². The molecule has 3 nitrogen and oxygen atoms in total. The number of thiol groups is 1. The van der Waals surface area contributed by atoms with Crippen molar-refractivity contribution < 1.29 is 0 Å². The molecule has 0 aliphatic rings. The Morgan fingerprint density at radius 3 is 2.52 bits per heavy atom. The molecule has 1 N–H and O–H groups in total. The van der Waals surface area contributed by atoms with Gasteiger partial charge in [0.25, 0.3) is 0 Å². The lowest BCUT2D eigenvalue weighted by Crippen LogP contribution is -2.03. The van der Waals surface area contributed by atoms with Gasteiger partial charge in [0.2, 0.25) is 0 Å². The lowest BCUT2D eigenvalue weighted by atomic mass is 10.2. The van der Waals surface area contributed by atoms with E-state index in [4.69, 9.17) is 0 Å². The minimum atomic E-state index is 0.772. The zero-order valence-electron chi connectivity index (χ0n) is 15.9. The zero-order valence-corrected chi connectivity index (χ0v) is 17.9. The minimum Gasteiger partial charge on any atom is -0.340 e. The topological polar surface area (TPSA) is 37.8 Å². The summed E-state index contributed by atoms with van der Waals surface area (Å²) in [6.07, 6.45) is 10.2. The first-order chi connectivity index (χ1) is 12.2. The summed E-state index contributed by atoms with van der Waals surface area (Å²) in [4.78, 5) is 9.55. The van der Waals surface area contributed by atoms with E-state index in [1.54, 1.807) is 12.4 Å². The van der Waals surface area contributed by atoms with Crippen molar-refractivity contribution >= 4 is 43.9 Å². The number of aromatic nitrogens is 2. The highest BCUT2D eigenvalue weighted by molar-refractivity contribution is 7.80. The van der Waals surface area contributed by atoms with E-state index in [0.717, 1.165) is 39.0 Å². The standard InChI is InChI=1S/C16H18N3PS.2C2H6/c1-3-5-7-11(6-4-2)19-16-12-8-15(21)14(20)9-13(12)17-10-18-16;2*1-2/h3,5-10,21H,1,4,20H2,2H3,(H,17,18,19);2*1-2H3/b7-5-,11-6+;;. The third kappa shape index (κ3) is 7.41. The van der Waals surface area contributed by atoms with Crippen molar-refractivity contribution in [2.45, 2.75) is 45.9 Å². The fourth-order valence-electron chi connectivity index (χ4n) is 1.90. The highest BCUT2D eigenvalue weighted by atomic mass is 32.1. The first kappa shape index (κ1) is 23.4. The van der Waals surface area contributed by atoms with Crippen LogP contribution in [0.4, 0.5) is 5.82 Å². The molecule has 0 radical (unpaired) electrons. The quantitative estimate of drug-likeness (QED) is 0.387. The maximum absolute atomic E-state index is 4.46. The van der Waals surface area contributed by atoms with E-state index in [9.17, 15) is 0 Å². The Morgan fingerprint density at radius 2 is 1.92 bits per heavy atom. The number of hydrogen-bond acceptors (Lipinski definition) is 4. The third-order valence-electron chi connectivity index (χ3n) is 2.88. The molecule has 0 saturated carbocycles. The van der Waals surface area contributed by atoms with Crippen LogP contribution in [0.3, 0.4) is 0 Å². The lowest BCUT2D eigenvalue weighted by molar-refractivity contribution is 1.17. The van der Waals surface area contributed by atoms with E-state index >= 15 is 0 Å². The number of rotatable bonds is 5. The molecule has 1 aromatic carbocycles. The third-order valence-corrected chi connectivity index (χ3v) is 3.99. The number of hydrogen-bond donors (Lipinski definition) is 2. The molecule has 0 amide bonds. The summed E-state index contributed by atoms with van der Waals surface area (Å²) in [6.45, 7) is 13.8. The Morgan fingerprint density at radius 1 is 1.24 bits per heavy atom. The molecule has 2 rings (SSSR count). The summed E-state index contributed by atoms with van der Waals surface area (Å²) in [6, 6.07) is 3.96. The molecular weight excluding hydrogens is 345 g/mol. The molecule has 5 heteroatoms. The summed E-state index contributed by atoms with van der Waals surface area (Å²) in [7, 11) is 2.66. The Bertz CT molecular complexity index is 724. The van der Waals surface area contributed by atoms with Gasteiger partial charge in [-0.25, -0.2) is 9.97 Å². The molecule has 1 heterocycles. The first-order valence-corrected chi connectivity index (χ1v) is 9.67. The smallest absolute Gasteiger partial charge is 0.141 e. The summed E-state index contributed by atoms with van der Waals surface area (Å²) in [5, 5.41) is 5.31. The Labute approximate surface area is 160 Å². The largest absolute Gasteiger partial charge is 0.340 e. The summed E-state index contributed by atoms with van der Waals surface area (Å²) in [5.74, 6) is 0.772. The molecule has 0 spiro atoms. The molecule has 0 aliphatic carbocycles. The van der Waals surface area contributed by atoms with Gasteiger partial charge in [-0.1, -0.05) is 59.4 Å². The predicted molar refractivity (Wildman–Crippen MR) is 120 cm³/mol. The van der Waals surface area contributed by atoms with Crippen LogP contribution < -0.4 is 10.6 Å². The van der Waals surface area contributed by atoms with Crippen molar-refractivity contribution in [2.75, 3.05) is 5.32 Å². The summed E-state index contributed by atoms with van der Waals surface area (Å²) < 4.78 is 0. The number of allylic oxidation sites excluding steroid dienone is 4. The molecule has 25 heavy (non-hydrogen) atoms. The molecule has 0 aliphatic heterocycles. The van der Waals surface area contributed by atoms with E-state index in [1.165, 1.54) is 0 Å². The Hall–Kier alpha value is -1.64. The van der Waals surface area contributed by atoms with Crippen molar-refractivity contribution in [3.63, 3.8) is 0 Å². The maximum atomic E-state index is 4.46. The second-order valence-electron chi connectivity index (χ2n) is 4.44. The Kier molecular flexibility index (Phi) is 12.7. The molecule has 1 aromatic heterocycles. The minimum absolute atomic E-state index is 0.772. The van der Waals surface area contributed by atoms with E-state index in [1.807, 2.05) is 52.0 Å². The molecular formula is C20H30N3PS.